The molecule has 0 aliphatic carbocycles. The molecule has 0 saturated carbocycles. The Morgan fingerprint density at radius 2 is 2.04 bits per heavy atom. The second-order valence-corrected chi connectivity index (χ2v) is 7.23. The number of halogens is 2. The van der Waals surface area contributed by atoms with E-state index in [0.717, 1.165) is 0 Å². The molecular formula is C20H18ClFN2O4. The van der Waals surface area contributed by atoms with E-state index in [1.165, 1.54) is 30.3 Å². The molecular weight excluding hydrogens is 387 g/mol. The molecule has 2 rings (SSSR count). The topological polar surface area (TPSA) is 88.4 Å². The fourth-order valence-electron chi connectivity index (χ4n) is 2.22. The minimum Gasteiger partial charge on any atom is -0.453 e. The van der Waals surface area contributed by atoms with Crippen molar-refractivity contribution in [3.63, 3.8) is 0 Å². The van der Waals surface area contributed by atoms with Crippen molar-refractivity contribution in [1.82, 2.24) is 5.32 Å². The van der Waals surface area contributed by atoms with E-state index in [1.54, 1.807) is 20.8 Å². The molecule has 1 N–H and O–H groups in total. The van der Waals surface area contributed by atoms with E-state index in [4.69, 9.17) is 26.3 Å². The highest BCUT2D eigenvalue weighted by atomic mass is 35.5. The first-order chi connectivity index (χ1) is 13.1. The molecule has 0 heterocycles. The maximum atomic E-state index is 14.8. The number of nitrogens with zero attached hydrogens (tertiary/aromatic N) is 1. The number of benzene rings is 2. The van der Waals surface area contributed by atoms with Crippen molar-refractivity contribution in [2.24, 2.45) is 0 Å². The van der Waals surface area contributed by atoms with Gasteiger partial charge in [-0.25, -0.2) is 9.18 Å². The fourth-order valence-corrected chi connectivity index (χ4v) is 2.40. The molecule has 0 aliphatic heterocycles. The lowest BCUT2D eigenvalue weighted by Crippen LogP contribution is -2.32. The van der Waals surface area contributed by atoms with Gasteiger partial charge in [0.05, 0.1) is 16.7 Å². The number of aldehydes is 1. The number of hydrogen-bond acceptors (Lipinski definition) is 5. The third-order valence-electron chi connectivity index (χ3n) is 3.37. The molecule has 0 radical (unpaired) electrons. The number of carbonyl (C=O) groups is 2. The van der Waals surface area contributed by atoms with Gasteiger partial charge in [0.25, 0.3) is 0 Å². The van der Waals surface area contributed by atoms with Gasteiger partial charge in [-0.3, -0.25) is 4.79 Å². The summed E-state index contributed by atoms with van der Waals surface area (Å²) in [7, 11) is 0. The zero-order chi connectivity index (χ0) is 20.9. The monoisotopic (exact) mass is 404 g/mol. The van der Waals surface area contributed by atoms with Crippen molar-refractivity contribution in [2.75, 3.05) is 0 Å². The van der Waals surface area contributed by atoms with Crippen LogP contribution in [-0.2, 0) is 11.3 Å². The van der Waals surface area contributed by atoms with Crippen LogP contribution in [0.4, 0.5) is 9.18 Å². The van der Waals surface area contributed by atoms with Gasteiger partial charge in [0.2, 0.25) is 0 Å². The minimum absolute atomic E-state index is 0.00599. The molecule has 8 heteroatoms. The number of hydrogen-bond donors (Lipinski definition) is 1. The molecule has 0 spiro atoms. The summed E-state index contributed by atoms with van der Waals surface area (Å²) < 4.78 is 25.4. The van der Waals surface area contributed by atoms with Crippen LogP contribution >= 0.6 is 11.6 Å². The molecule has 28 heavy (non-hydrogen) atoms. The highest BCUT2D eigenvalue weighted by Gasteiger charge is 2.19. The second-order valence-electron chi connectivity index (χ2n) is 6.83. The lowest BCUT2D eigenvalue weighted by atomic mass is 10.1. The first-order valence-corrected chi connectivity index (χ1v) is 8.62. The lowest BCUT2D eigenvalue weighted by Gasteiger charge is -2.20. The van der Waals surface area contributed by atoms with E-state index in [9.17, 15) is 14.0 Å². The maximum absolute atomic E-state index is 14.8. The minimum atomic E-state index is -0.779. The molecule has 0 unspecified atom stereocenters. The molecule has 0 aromatic heterocycles. The average molecular weight is 405 g/mol. The first-order valence-electron chi connectivity index (χ1n) is 8.25. The first kappa shape index (κ1) is 21.2. The third-order valence-corrected chi connectivity index (χ3v) is 3.66. The predicted octanol–water partition coefficient (Wildman–Crippen LogP) is 4.98. The van der Waals surface area contributed by atoms with Crippen LogP contribution < -0.4 is 10.1 Å². The Morgan fingerprint density at radius 3 is 2.64 bits per heavy atom. The van der Waals surface area contributed by atoms with Crippen molar-refractivity contribution in [3.05, 3.63) is 57.9 Å². The van der Waals surface area contributed by atoms with Gasteiger partial charge in [-0.1, -0.05) is 17.7 Å². The summed E-state index contributed by atoms with van der Waals surface area (Å²) >= 11 is 6.04. The second kappa shape index (κ2) is 8.72. The maximum Gasteiger partial charge on any atom is 0.407 e. The molecule has 0 fully saturated rings. The lowest BCUT2D eigenvalue weighted by molar-refractivity contribution is 0.0523. The zero-order valence-electron chi connectivity index (χ0n) is 15.5. The van der Waals surface area contributed by atoms with Gasteiger partial charge >= 0.3 is 6.09 Å². The number of nitrogens with one attached hydrogen (secondary N) is 1. The quantitative estimate of drug-likeness (QED) is 0.710. The Bertz CT molecular complexity index is 948. The van der Waals surface area contributed by atoms with Gasteiger partial charge in [0.15, 0.2) is 11.6 Å². The summed E-state index contributed by atoms with van der Waals surface area (Å²) in [6.45, 7) is 4.99. The number of ether oxygens (including phenoxy) is 2. The summed E-state index contributed by atoms with van der Waals surface area (Å²) in [6.07, 6.45) is -0.144. The van der Waals surface area contributed by atoms with Gasteiger partial charge in [-0.2, -0.15) is 5.26 Å². The average Bonchev–Trinajstić information content (AvgIpc) is 2.62. The van der Waals surface area contributed by atoms with E-state index in [2.05, 4.69) is 5.32 Å². The normalized spacial score (nSPS) is 10.7. The van der Waals surface area contributed by atoms with E-state index in [-0.39, 0.29) is 39.8 Å². The molecule has 0 saturated heterocycles. The van der Waals surface area contributed by atoms with E-state index in [1.807, 2.05) is 6.07 Å². The van der Waals surface area contributed by atoms with Crippen LogP contribution in [-0.4, -0.2) is 18.0 Å². The van der Waals surface area contributed by atoms with Gasteiger partial charge in [-0.15, -0.1) is 0 Å². The van der Waals surface area contributed by atoms with Crippen LogP contribution in [0.25, 0.3) is 0 Å². The number of nitriles is 1. The van der Waals surface area contributed by atoms with Crippen molar-refractivity contribution in [2.45, 2.75) is 32.9 Å². The van der Waals surface area contributed by atoms with Gasteiger partial charge < -0.3 is 14.8 Å². The third kappa shape index (κ3) is 5.69. The highest BCUT2D eigenvalue weighted by molar-refractivity contribution is 6.32. The molecule has 6 nitrogen and oxygen atoms in total. The van der Waals surface area contributed by atoms with Crippen molar-refractivity contribution in [3.8, 4) is 17.6 Å². The van der Waals surface area contributed by atoms with Crippen molar-refractivity contribution < 1.29 is 23.5 Å². The number of carbonyl (C=O) groups excluding carboxylic acids is 2. The van der Waals surface area contributed by atoms with Crippen LogP contribution in [0.5, 0.6) is 11.5 Å². The van der Waals surface area contributed by atoms with Gasteiger partial charge in [0, 0.05) is 17.7 Å². The van der Waals surface area contributed by atoms with Crippen molar-refractivity contribution in [1.29, 1.82) is 5.26 Å². The molecule has 2 aromatic carbocycles. The van der Waals surface area contributed by atoms with Crippen molar-refractivity contribution >= 4 is 24.0 Å². The summed E-state index contributed by atoms with van der Waals surface area (Å²) in [6, 6.07) is 8.80. The Hall–Kier alpha value is -3.11. The fraction of sp³-hybridized carbons (Fsp3) is 0.250. The smallest absolute Gasteiger partial charge is 0.407 e. The number of amides is 1. The Morgan fingerprint density at radius 1 is 1.32 bits per heavy atom. The number of rotatable bonds is 5. The molecule has 0 aliphatic rings. The van der Waals surface area contributed by atoms with E-state index in [0.29, 0.717) is 6.29 Å². The van der Waals surface area contributed by atoms with E-state index >= 15 is 0 Å². The molecule has 146 valence electrons. The van der Waals surface area contributed by atoms with Crippen LogP contribution in [0.3, 0.4) is 0 Å². The molecule has 1 amide bonds. The summed E-state index contributed by atoms with van der Waals surface area (Å²) in [5.41, 5.74) is -0.177. The van der Waals surface area contributed by atoms with Crippen LogP contribution in [0, 0.1) is 17.1 Å². The van der Waals surface area contributed by atoms with Crippen LogP contribution in [0.1, 0.15) is 42.3 Å². The summed E-state index contributed by atoms with van der Waals surface area (Å²) in [5.74, 6) is -0.977. The van der Waals surface area contributed by atoms with Crippen LogP contribution in [0.2, 0.25) is 5.02 Å². The predicted molar refractivity (Wildman–Crippen MR) is 101 cm³/mol. The summed E-state index contributed by atoms with van der Waals surface area (Å²) in [4.78, 5) is 22.7. The zero-order valence-corrected chi connectivity index (χ0v) is 16.3. The Kier molecular flexibility index (Phi) is 6.60. The standard InChI is InChI=1S/C20H18ClFN2O4/c1-20(2,3)28-19(26)24-10-14-4-5-16(21)18(17(14)22)27-15-7-12(9-23)6-13(8-15)11-25/h4-8,11H,10H2,1-3H3,(H,24,26). The largest absolute Gasteiger partial charge is 0.453 e. The Balaban J connectivity index is 2.25. The van der Waals surface area contributed by atoms with Gasteiger partial charge in [0.1, 0.15) is 17.6 Å². The highest BCUT2D eigenvalue weighted by Crippen LogP contribution is 2.34. The van der Waals surface area contributed by atoms with Crippen LogP contribution in [0.15, 0.2) is 30.3 Å². The Labute approximate surface area is 166 Å². The summed E-state index contributed by atoms with van der Waals surface area (Å²) in [5, 5.41) is 11.5. The van der Waals surface area contributed by atoms with Gasteiger partial charge in [-0.05, 0) is 45.0 Å². The molecule has 2 aromatic rings. The SMILES string of the molecule is CC(C)(C)OC(=O)NCc1ccc(Cl)c(Oc2cc(C#N)cc(C=O)c2)c1F. The molecule has 0 bridgehead atoms. The van der Waals surface area contributed by atoms with E-state index < -0.39 is 17.5 Å². The molecule has 0 atom stereocenters. The number of alkyl carbamates (subject to hydrolysis) is 1.